The molecule has 0 saturated carbocycles. The number of nitrogens with zero attached hydrogens (tertiary/aromatic N) is 1. The van der Waals surface area contributed by atoms with Gasteiger partial charge in [0.05, 0.1) is 13.1 Å². The van der Waals surface area contributed by atoms with Gasteiger partial charge in [-0.1, -0.05) is 18.2 Å². The summed E-state index contributed by atoms with van der Waals surface area (Å²) < 4.78 is 0. The monoisotopic (exact) mass is 357 g/mol. The number of pyridine rings is 1. The summed E-state index contributed by atoms with van der Waals surface area (Å²) >= 11 is 3.15. The minimum absolute atomic E-state index is 0.232. The topological polar surface area (TPSA) is 71.1 Å². The second kappa shape index (κ2) is 7.85. The second-order valence-electron chi connectivity index (χ2n) is 4.93. The first-order chi connectivity index (χ1) is 11.7. The van der Waals surface area contributed by atoms with Gasteiger partial charge >= 0.3 is 0 Å². The maximum Gasteiger partial charge on any atom is 0.270 e. The van der Waals surface area contributed by atoms with Gasteiger partial charge in [-0.15, -0.1) is 22.7 Å². The molecule has 0 aliphatic rings. The fourth-order valence-electron chi connectivity index (χ4n) is 2.03. The number of carbonyl (C=O) groups excluding carboxylic acids is 2. The van der Waals surface area contributed by atoms with Crippen LogP contribution in [0.4, 0.5) is 0 Å². The molecular weight excluding hydrogens is 342 g/mol. The average Bonchev–Trinajstić information content (AvgIpc) is 3.31. The Morgan fingerprint density at radius 3 is 1.71 bits per heavy atom. The van der Waals surface area contributed by atoms with Gasteiger partial charge in [-0.05, 0) is 35.0 Å². The highest BCUT2D eigenvalue weighted by atomic mass is 32.1. The van der Waals surface area contributed by atoms with Gasteiger partial charge in [0, 0.05) is 9.75 Å². The van der Waals surface area contributed by atoms with E-state index in [9.17, 15) is 9.59 Å². The predicted octanol–water partition coefficient (Wildman–Crippen LogP) is 3.06. The first-order valence-electron chi connectivity index (χ1n) is 7.30. The molecule has 0 aliphatic heterocycles. The number of nitrogens with one attached hydrogen (secondary N) is 2. The molecule has 3 aromatic heterocycles. The Bertz CT molecular complexity index is 749. The van der Waals surface area contributed by atoms with E-state index in [0.717, 1.165) is 9.75 Å². The normalized spacial score (nSPS) is 10.3. The van der Waals surface area contributed by atoms with Crippen LogP contribution in [0.15, 0.2) is 53.2 Å². The molecule has 0 aliphatic carbocycles. The fourth-order valence-corrected chi connectivity index (χ4v) is 3.32. The van der Waals surface area contributed by atoms with Gasteiger partial charge in [0.1, 0.15) is 11.4 Å². The van der Waals surface area contributed by atoms with Crippen LogP contribution in [-0.2, 0) is 13.1 Å². The smallest absolute Gasteiger partial charge is 0.270 e. The largest absolute Gasteiger partial charge is 0.346 e. The third kappa shape index (κ3) is 4.27. The van der Waals surface area contributed by atoms with E-state index in [-0.39, 0.29) is 23.2 Å². The molecule has 0 unspecified atom stereocenters. The van der Waals surface area contributed by atoms with E-state index in [2.05, 4.69) is 15.6 Å². The highest BCUT2D eigenvalue weighted by molar-refractivity contribution is 7.10. The van der Waals surface area contributed by atoms with E-state index >= 15 is 0 Å². The molecule has 2 amide bonds. The van der Waals surface area contributed by atoms with Crippen LogP contribution in [0.2, 0.25) is 0 Å². The van der Waals surface area contributed by atoms with E-state index in [1.54, 1.807) is 40.9 Å². The second-order valence-corrected chi connectivity index (χ2v) is 7.00. The Labute approximate surface area is 147 Å². The highest BCUT2D eigenvalue weighted by Gasteiger charge is 2.12. The van der Waals surface area contributed by atoms with Crippen molar-refractivity contribution >= 4 is 34.5 Å². The zero-order valence-electron chi connectivity index (χ0n) is 12.7. The van der Waals surface area contributed by atoms with Crippen molar-refractivity contribution in [2.45, 2.75) is 13.1 Å². The molecule has 0 saturated heterocycles. The lowest BCUT2D eigenvalue weighted by Crippen LogP contribution is -2.26. The summed E-state index contributed by atoms with van der Waals surface area (Å²) in [5.41, 5.74) is 0.464. The van der Waals surface area contributed by atoms with E-state index in [4.69, 9.17) is 0 Å². The standard InChI is InChI=1S/C17H15N3O2S2/c21-16(18-10-12-4-2-8-23-12)14-6-1-7-15(20-14)17(22)19-11-13-5-3-9-24-13/h1-9H,10-11H2,(H,18,21)(H,19,22). The molecule has 0 atom stereocenters. The highest BCUT2D eigenvalue weighted by Crippen LogP contribution is 2.09. The lowest BCUT2D eigenvalue weighted by Gasteiger charge is -2.06. The lowest BCUT2D eigenvalue weighted by molar-refractivity contribution is 0.0942. The fraction of sp³-hybridized carbons (Fsp3) is 0.118. The van der Waals surface area contributed by atoms with Crippen molar-refractivity contribution < 1.29 is 9.59 Å². The summed E-state index contributed by atoms with van der Waals surface area (Å²) in [6.45, 7) is 0.903. The zero-order chi connectivity index (χ0) is 16.8. The summed E-state index contributed by atoms with van der Waals surface area (Å²) in [5, 5.41) is 9.51. The molecule has 0 bridgehead atoms. The Morgan fingerprint density at radius 2 is 1.29 bits per heavy atom. The maximum absolute atomic E-state index is 12.2. The third-order valence-electron chi connectivity index (χ3n) is 3.22. The summed E-state index contributed by atoms with van der Waals surface area (Å²) in [5.74, 6) is -0.590. The predicted molar refractivity (Wildman–Crippen MR) is 95.2 cm³/mol. The van der Waals surface area contributed by atoms with Crippen LogP contribution in [0.1, 0.15) is 30.7 Å². The van der Waals surface area contributed by atoms with Crippen molar-refractivity contribution in [1.82, 2.24) is 15.6 Å². The Morgan fingerprint density at radius 1 is 0.792 bits per heavy atom. The Hall–Kier alpha value is -2.51. The van der Waals surface area contributed by atoms with Crippen molar-refractivity contribution in [2.75, 3.05) is 0 Å². The molecule has 3 heterocycles. The van der Waals surface area contributed by atoms with Crippen molar-refractivity contribution in [3.63, 3.8) is 0 Å². The molecule has 0 fully saturated rings. The summed E-state index contributed by atoms with van der Waals surface area (Å²) in [6.07, 6.45) is 0. The minimum atomic E-state index is -0.295. The van der Waals surface area contributed by atoms with E-state index in [0.29, 0.717) is 13.1 Å². The van der Waals surface area contributed by atoms with Crippen molar-refractivity contribution in [1.29, 1.82) is 0 Å². The first kappa shape index (κ1) is 16.4. The number of amides is 2. The molecule has 122 valence electrons. The minimum Gasteiger partial charge on any atom is -0.346 e. The van der Waals surface area contributed by atoms with Crippen LogP contribution in [0.25, 0.3) is 0 Å². The molecule has 3 aromatic rings. The molecule has 7 heteroatoms. The lowest BCUT2D eigenvalue weighted by atomic mass is 10.2. The van der Waals surface area contributed by atoms with Crippen molar-refractivity contribution in [2.24, 2.45) is 0 Å². The number of aromatic nitrogens is 1. The Kier molecular flexibility index (Phi) is 5.35. The quantitative estimate of drug-likeness (QED) is 0.712. The van der Waals surface area contributed by atoms with Crippen LogP contribution in [-0.4, -0.2) is 16.8 Å². The maximum atomic E-state index is 12.2. The number of rotatable bonds is 6. The molecule has 0 radical (unpaired) electrons. The van der Waals surface area contributed by atoms with Gasteiger partial charge in [-0.25, -0.2) is 4.98 Å². The SMILES string of the molecule is O=C(NCc1cccs1)c1cccc(C(=O)NCc2cccs2)n1. The van der Waals surface area contributed by atoms with E-state index in [1.165, 1.54) is 0 Å². The molecule has 0 aromatic carbocycles. The summed E-state index contributed by atoms with van der Waals surface area (Å²) in [6, 6.07) is 12.6. The van der Waals surface area contributed by atoms with Gasteiger partial charge in [0.15, 0.2) is 0 Å². The van der Waals surface area contributed by atoms with Gasteiger partial charge in [-0.2, -0.15) is 0 Å². The van der Waals surface area contributed by atoms with Gasteiger partial charge < -0.3 is 10.6 Å². The Balaban J connectivity index is 1.60. The van der Waals surface area contributed by atoms with Crippen molar-refractivity contribution in [3.8, 4) is 0 Å². The number of hydrogen-bond donors (Lipinski definition) is 2. The van der Waals surface area contributed by atoms with Crippen LogP contribution < -0.4 is 10.6 Å². The molecule has 24 heavy (non-hydrogen) atoms. The summed E-state index contributed by atoms with van der Waals surface area (Å²) in [4.78, 5) is 30.6. The van der Waals surface area contributed by atoms with Gasteiger partial charge in [-0.3, -0.25) is 9.59 Å². The molecule has 2 N–H and O–H groups in total. The zero-order valence-corrected chi connectivity index (χ0v) is 14.3. The van der Waals surface area contributed by atoms with Crippen LogP contribution in [0.3, 0.4) is 0 Å². The van der Waals surface area contributed by atoms with Crippen LogP contribution in [0.5, 0.6) is 0 Å². The number of carbonyl (C=O) groups is 2. The van der Waals surface area contributed by atoms with Crippen molar-refractivity contribution in [3.05, 3.63) is 74.4 Å². The molecule has 0 spiro atoms. The number of hydrogen-bond acceptors (Lipinski definition) is 5. The summed E-state index contributed by atoms with van der Waals surface area (Å²) in [7, 11) is 0. The first-order valence-corrected chi connectivity index (χ1v) is 9.06. The van der Waals surface area contributed by atoms with E-state index in [1.807, 2.05) is 35.0 Å². The average molecular weight is 357 g/mol. The molecule has 5 nitrogen and oxygen atoms in total. The van der Waals surface area contributed by atoms with Crippen LogP contribution >= 0.6 is 22.7 Å². The third-order valence-corrected chi connectivity index (χ3v) is 4.97. The van der Waals surface area contributed by atoms with Crippen LogP contribution in [0, 0.1) is 0 Å². The number of thiophene rings is 2. The molecular formula is C17H15N3O2S2. The van der Waals surface area contributed by atoms with Gasteiger partial charge in [0.25, 0.3) is 11.8 Å². The molecule has 3 rings (SSSR count). The van der Waals surface area contributed by atoms with Gasteiger partial charge in [0.2, 0.25) is 0 Å². The van der Waals surface area contributed by atoms with E-state index < -0.39 is 0 Å².